The van der Waals surface area contributed by atoms with E-state index in [0.717, 1.165) is 0 Å². The average molecular weight is 118 g/mol. The van der Waals surface area contributed by atoms with Crippen LogP contribution in [0.15, 0.2) is 13.2 Å². The van der Waals surface area contributed by atoms with Crippen molar-refractivity contribution < 1.29 is 17.1 Å². The van der Waals surface area contributed by atoms with Gasteiger partial charge in [-0.1, -0.05) is 0 Å². The van der Waals surface area contributed by atoms with Crippen LogP contribution in [0.2, 0.25) is 0 Å². The summed E-state index contributed by atoms with van der Waals surface area (Å²) in [6.07, 6.45) is 0. The summed E-state index contributed by atoms with van der Waals surface area (Å²) in [6.45, 7) is 14.0. The standard InChI is InChI=1S/2C2H3.Cu/c2*1-2;/h2*1H,2H2;/q2*-1;+2. The molecule has 0 saturated heterocycles. The first-order valence-electron chi connectivity index (χ1n) is 0.816. The fraction of sp³-hybridized carbons (Fsp3) is 0. The zero-order valence-corrected chi connectivity index (χ0v) is 3.81. The molecule has 0 amide bonds. The number of rotatable bonds is 0. The molecule has 0 aromatic rings. The molecule has 0 aliphatic rings. The maximum absolute atomic E-state index is 4.25. The average Bonchev–Trinajstić information content (AvgIpc) is 1.50. The first-order valence-corrected chi connectivity index (χ1v) is 0.816. The van der Waals surface area contributed by atoms with Crippen LogP contribution in [0.5, 0.6) is 0 Å². The van der Waals surface area contributed by atoms with Crippen LogP contribution in [0.25, 0.3) is 0 Å². The number of hydrogen-bond donors (Lipinski definition) is 0. The zero-order valence-electron chi connectivity index (χ0n) is 2.87. The molecular formula is C4H6Cu. The van der Waals surface area contributed by atoms with Gasteiger partial charge in [0, 0.05) is 0 Å². The summed E-state index contributed by atoms with van der Waals surface area (Å²) < 4.78 is 0. The second-order valence-corrected chi connectivity index (χ2v) is 0. The van der Waals surface area contributed by atoms with Gasteiger partial charge in [0.15, 0.2) is 0 Å². The van der Waals surface area contributed by atoms with Gasteiger partial charge in [0.25, 0.3) is 0 Å². The molecule has 0 aromatic heterocycles. The van der Waals surface area contributed by atoms with E-state index in [1.54, 1.807) is 0 Å². The van der Waals surface area contributed by atoms with Gasteiger partial charge in [-0.05, 0) is 0 Å². The van der Waals surface area contributed by atoms with E-state index >= 15 is 0 Å². The SMILES string of the molecule is [CH-]=C.[CH-]=C.[Cu+2]. The topological polar surface area (TPSA) is 0 Å². The van der Waals surface area contributed by atoms with Gasteiger partial charge in [0.05, 0.1) is 0 Å². The molecule has 0 heterocycles. The van der Waals surface area contributed by atoms with Gasteiger partial charge in [0.2, 0.25) is 0 Å². The van der Waals surface area contributed by atoms with E-state index in [-0.39, 0.29) is 17.1 Å². The molecule has 0 nitrogen and oxygen atoms in total. The Labute approximate surface area is 44.1 Å². The van der Waals surface area contributed by atoms with Crippen LogP contribution >= 0.6 is 0 Å². The summed E-state index contributed by atoms with van der Waals surface area (Å²) in [6, 6.07) is 0. The quantitative estimate of drug-likeness (QED) is 0.331. The van der Waals surface area contributed by atoms with Crippen LogP contribution in [0.3, 0.4) is 0 Å². The van der Waals surface area contributed by atoms with Gasteiger partial charge in [-0.25, -0.2) is 0 Å². The van der Waals surface area contributed by atoms with Gasteiger partial charge in [-0.2, -0.15) is 0 Å². The van der Waals surface area contributed by atoms with Gasteiger partial charge >= 0.3 is 17.1 Å². The van der Waals surface area contributed by atoms with Crippen LogP contribution in [-0.4, -0.2) is 0 Å². The number of hydrogen-bond acceptors (Lipinski definition) is 0. The second-order valence-electron chi connectivity index (χ2n) is 0. The van der Waals surface area contributed by atoms with E-state index in [1.165, 1.54) is 0 Å². The molecule has 1 radical (unpaired) electrons. The van der Waals surface area contributed by atoms with Crippen molar-refractivity contribution in [2.45, 2.75) is 0 Å². The van der Waals surface area contributed by atoms with E-state index in [0.29, 0.717) is 0 Å². The molecule has 0 aliphatic heterocycles. The molecule has 0 unspecified atom stereocenters. The summed E-state index contributed by atoms with van der Waals surface area (Å²) >= 11 is 0. The maximum Gasteiger partial charge on any atom is 2.00 e. The van der Waals surface area contributed by atoms with Crippen LogP contribution in [0, 0.1) is 13.2 Å². The van der Waals surface area contributed by atoms with E-state index < -0.39 is 0 Å². The summed E-state index contributed by atoms with van der Waals surface area (Å²) in [5.41, 5.74) is 0. The molecule has 0 fully saturated rings. The van der Waals surface area contributed by atoms with Crippen molar-refractivity contribution in [3.8, 4) is 0 Å². The fourth-order valence-electron chi connectivity index (χ4n) is 0. The molecule has 0 aromatic carbocycles. The summed E-state index contributed by atoms with van der Waals surface area (Å²) in [5, 5.41) is 0. The first-order chi connectivity index (χ1) is 2.00. The summed E-state index contributed by atoms with van der Waals surface area (Å²) in [5.74, 6) is 0. The summed E-state index contributed by atoms with van der Waals surface area (Å²) in [4.78, 5) is 0. The van der Waals surface area contributed by atoms with Crippen molar-refractivity contribution in [1.82, 2.24) is 0 Å². The van der Waals surface area contributed by atoms with E-state index in [4.69, 9.17) is 0 Å². The van der Waals surface area contributed by atoms with Crippen LogP contribution in [-0.2, 0) is 17.1 Å². The van der Waals surface area contributed by atoms with Gasteiger partial charge in [-0.15, -0.1) is 0 Å². The minimum absolute atomic E-state index is 0. The van der Waals surface area contributed by atoms with E-state index in [1.807, 2.05) is 0 Å². The third kappa shape index (κ3) is 59300000. The van der Waals surface area contributed by atoms with Crippen LogP contribution < -0.4 is 0 Å². The van der Waals surface area contributed by atoms with Gasteiger partial charge in [0.1, 0.15) is 0 Å². The van der Waals surface area contributed by atoms with Crippen molar-refractivity contribution in [2.24, 2.45) is 0 Å². The molecule has 0 saturated carbocycles. The second kappa shape index (κ2) is 133000000. The molecule has 0 rings (SSSR count). The Kier molecular flexibility index (Phi) is 533000000. The molecule has 33 valence electrons. The Morgan fingerprint density at radius 2 is 0.800 bits per heavy atom. The van der Waals surface area contributed by atoms with Crippen molar-refractivity contribution in [3.63, 3.8) is 0 Å². The zero-order chi connectivity index (χ0) is 4.00. The van der Waals surface area contributed by atoms with Crippen molar-refractivity contribution in [2.75, 3.05) is 0 Å². The molecule has 0 N–H and O–H groups in total. The third-order valence-electron chi connectivity index (χ3n) is 0. The van der Waals surface area contributed by atoms with Crippen molar-refractivity contribution in [1.29, 1.82) is 0 Å². The van der Waals surface area contributed by atoms with Crippen molar-refractivity contribution in [3.05, 3.63) is 26.3 Å². The van der Waals surface area contributed by atoms with E-state index in [9.17, 15) is 0 Å². The monoisotopic (exact) mass is 117 g/mol. The fourth-order valence-corrected chi connectivity index (χ4v) is 0. The molecule has 0 aliphatic carbocycles. The Morgan fingerprint density at radius 3 is 0.800 bits per heavy atom. The van der Waals surface area contributed by atoms with Crippen molar-refractivity contribution >= 4 is 0 Å². The minimum atomic E-state index is 0. The predicted molar refractivity (Wildman–Crippen MR) is 19.9 cm³/mol. The van der Waals surface area contributed by atoms with Crippen LogP contribution in [0.4, 0.5) is 0 Å². The largest absolute Gasteiger partial charge is 2.00 e. The third-order valence-corrected chi connectivity index (χ3v) is 0. The molecular weight excluding hydrogens is 112 g/mol. The normalized spacial score (nSPS) is 1.60. The Bertz CT molecular complexity index is 5.61. The molecule has 0 atom stereocenters. The Balaban J connectivity index is -0.0000000133. The maximum atomic E-state index is 4.25. The smallest absolute Gasteiger partial charge is 0.521 e. The molecule has 1 heteroatoms. The predicted octanol–water partition coefficient (Wildman–Crippen LogP) is 1.21. The summed E-state index contributed by atoms with van der Waals surface area (Å²) in [7, 11) is 0. The molecule has 5 heavy (non-hydrogen) atoms. The molecule has 0 spiro atoms. The van der Waals surface area contributed by atoms with E-state index in [2.05, 4.69) is 26.3 Å². The van der Waals surface area contributed by atoms with Gasteiger partial charge < -0.3 is 13.2 Å². The molecule has 0 bridgehead atoms. The Morgan fingerprint density at radius 1 is 0.800 bits per heavy atom. The van der Waals surface area contributed by atoms with Crippen LogP contribution in [0.1, 0.15) is 0 Å². The Hall–Kier alpha value is -0.000519. The minimum Gasteiger partial charge on any atom is -0.521 e. The first kappa shape index (κ1) is 20.0. The van der Waals surface area contributed by atoms with Gasteiger partial charge in [-0.3, -0.25) is 13.2 Å².